The molecule has 0 unspecified atom stereocenters. The molecule has 3 rings (SSSR count). The Labute approximate surface area is 155 Å². The number of rotatable bonds is 5. The van der Waals surface area contributed by atoms with Crippen molar-refractivity contribution in [3.63, 3.8) is 0 Å². The first-order valence-corrected chi connectivity index (χ1v) is 8.57. The molecule has 8 heteroatoms. The molecule has 0 amide bonds. The Morgan fingerprint density at radius 2 is 1.63 bits per heavy atom. The van der Waals surface area contributed by atoms with Crippen LogP contribution < -0.4 is 10.2 Å². The molecule has 140 valence electrons. The fraction of sp³-hybridized carbons (Fsp3) is 0.263. The van der Waals surface area contributed by atoms with Crippen molar-refractivity contribution in [2.24, 2.45) is 0 Å². The highest BCUT2D eigenvalue weighted by atomic mass is 19.1. The van der Waals surface area contributed by atoms with E-state index in [1.807, 2.05) is 0 Å². The molecule has 0 atom stereocenters. The van der Waals surface area contributed by atoms with Crippen molar-refractivity contribution >= 4 is 24.5 Å². The molecule has 0 spiro atoms. The van der Waals surface area contributed by atoms with E-state index in [9.17, 15) is 18.4 Å². The minimum Gasteiger partial charge on any atom is -0.495 e. The van der Waals surface area contributed by atoms with Crippen molar-refractivity contribution in [1.82, 2.24) is 0 Å². The first-order chi connectivity index (χ1) is 13.0. The minimum atomic E-state index is -1.27. The number of ether oxygens (including phenoxy) is 1. The monoisotopic (exact) mass is 374 g/mol. The summed E-state index contributed by atoms with van der Waals surface area (Å²) < 4.78 is 42.7. The Kier molecular flexibility index (Phi) is 6.06. The van der Waals surface area contributed by atoms with E-state index < -0.39 is 24.9 Å². The van der Waals surface area contributed by atoms with E-state index in [0.29, 0.717) is 12.8 Å². The van der Waals surface area contributed by atoms with Crippen LogP contribution in [-0.2, 0) is 25.3 Å². The van der Waals surface area contributed by atoms with Crippen LogP contribution in [0.4, 0.5) is 8.78 Å². The summed E-state index contributed by atoms with van der Waals surface area (Å²) in [4.78, 5) is 23.2. The topological polar surface area (TPSA) is 61.8 Å². The van der Waals surface area contributed by atoms with Gasteiger partial charge in [0, 0.05) is 24.7 Å². The van der Waals surface area contributed by atoms with Gasteiger partial charge in [0.1, 0.15) is 5.82 Å². The molecule has 1 saturated heterocycles. The van der Waals surface area contributed by atoms with Gasteiger partial charge in [-0.1, -0.05) is 18.2 Å². The van der Waals surface area contributed by atoms with Crippen LogP contribution in [0, 0.1) is 11.6 Å². The number of halogens is 2. The number of hydrogen-bond acceptors (Lipinski definition) is 5. The molecule has 1 aliphatic heterocycles. The summed E-state index contributed by atoms with van der Waals surface area (Å²) in [6.45, 7) is 0.204. The van der Waals surface area contributed by atoms with E-state index in [4.69, 9.17) is 14.0 Å². The molecule has 0 N–H and O–H groups in total. The smallest absolute Gasteiger partial charge is 0.495 e. The van der Waals surface area contributed by atoms with Crippen molar-refractivity contribution in [3.05, 3.63) is 59.7 Å². The molecule has 1 fully saturated rings. The van der Waals surface area contributed by atoms with E-state index in [1.165, 1.54) is 24.3 Å². The van der Waals surface area contributed by atoms with Crippen molar-refractivity contribution in [2.45, 2.75) is 25.7 Å². The number of carbonyl (C=O) groups is 2. The van der Waals surface area contributed by atoms with E-state index in [-0.39, 0.29) is 36.5 Å². The quantitative estimate of drug-likeness (QED) is 0.753. The van der Waals surface area contributed by atoms with E-state index in [2.05, 4.69) is 0 Å². The number of benzene rings is 2. The zero-order chi connectivity index (χ0) is 19.2. The second-order valence-electron chi connectivity index (χ2n) is 6.08. The molecule has 0 aromatic heterocycles. The van der Waals surface area contributed by atoms with E-state index in [0.717, 1.165) is 11.6 Å². The Hall–Kier alpha value is -2.90. The lowest BCUT2D eigenvalue weighted by Crippen LogP contribution is -2.42. The summed E-state index contributed by atoms with van der Waals surface area (Å²) >= 11 is 0. The third kappa shape index (κ3) is 5.29. The molecule has 2 aromatic rings. The second kappa shape index (κ2) is 8.66. The lowest BCUT2D eigenvalue weighted by Gasteiger charge is -2.17. The largest absolute Gasteiger partial charge is 0.636 e. The van der Waals surface area contributed by atoms with Crippen LogP contribution in [-0.4, -0.2) is 25.7 Å². The van der Waals surface area contributed by atoms with Gasteiger partial charge >= 0.3 is 7.12 Å². The SMILES string of the molecule is O=C1CCCC(=O)OB(c2ccc(OCCc3ccc(F)cc3)c(F)c2)O1. The van der Waals surface area contributed by atoms with Crippen molar-refractivity contribution in [2.75, 3.05) is 6.61 Å². The third-order valence-electron chi connectivity index (χ3n) is 4.03. The molecule has 0 bridgehead atoms. The average molecular weight is 374 g/mol. The van der Waals surface area contributed by atoms with Gasteiger partial charge < -0.3 is 14.0 Å². The molecule has 0 aliphatic carbocycles. The zero-order valence-corrected chi connectivity index (χ0v) is 14.5. The highest BCUT2D eigenvalue weighted by Gasteiger charge is 2.33. The first kappa shape index (κ1) is 18.9. The van der Waals surface area contributed by atoms with Gasteiger partial charge in [0.2, 0.25) is 0 Å². The summed E-state index contributed by atoms with van der Waals surface area (Å²) in [5.41, 5.74) is 1.07. The Bertz CT molecular complexity index is 807. The van der Waals surface area contributed by atoms with Crippen LogP contribution >= 0.6 is 0 Å². The summed E-state index contributed by atoms with van der Waals surface area (Å²) in [7, 11) is -1.27. The molecular formula is C19H17BF2O5. The lowest BCUT2D eigenvalue weighted by atomic mass is 9.78. The van der Waals surface area contributed by atoms with Crippen LogP contribution in [0.25, 0.3) is 0 Å². The van der Waals surface area contributed by atoms with Gasteiger partial charge in [-0.3, -0.25) is 9.59 Å². The van der Waals surface area contributed by atoms with Gasteiger partial charge in [-0.2, -0.15) is 0 Å². The summed E-state index contributed by atoms with van der Waals surface area (Å²) in [5, 5.41) is 0. The van der Waals surface area contributed by atoms with Crippen LogP contribution in [0.1, 0.15) is 24.8 Å². The minimum absolute atomic E-state index is 0.0179. The molecule has 2 aromatic carbocycles. The molecular weight excluding hydrogens is 357 g/mol. The second-order valence-corrected chi connectivity index (χ2v) is 6.08. The lowest BCUT2D eigenvalue weighted by molar-refractivity contribution is -0.142. The first-order valence-electron chi connectivity index (χ1n) is 8.57. The summed E-state index contributed by atoms with van der Waals surface area (Å²) in [6.07, 6.45) is 1.07. The van der Waals surface area contributed by atoms with Crippen molar-refractivity contribution in [1.29, 1.82) is 0 Å². The van der Waals surface area contributed by atoms with Crippen LogP contribution in [0.2, 0.25) is 0 Å². The van der Waals surface area contributed by atoms with Gasteiger partial charge in [0.05, 0.1) is 6.61 Å². The fourth-order valence-electron chi connectivity index (χ4n) is 2.60. The molecule has 0 saturated carbocycles. The molecule has 1 heterocycles. The molecule has 27 heavy (non-hydrogen) atoms. The predicted octanol–water partition coefficient (Wildman–Crippen LogP) is 2.55. The van der Waals surface area contributed by atoms with Crippen LogP contribution in [0.15, 0.2) is 42.5 Å². The fourth-order valence-corrected chi connectivity index (χ4v) is 2.60. The molecule has 1 aliphatic rings. The van der Waals surface area contributed by atoms with Crippen LogP contribution in [0.3, 0.4) is 0 Å². The normalized spacial score (nSPS) is 14.8. The van der Waals surface area contributed by atoms with Crippen molar-refractivity contribution in [3.8, 4) is 5.75 Å². The maximum Gasteiger partial charge on any atom is 0.636 e. The van der Waals surface area contributed by atoms with Gasteiger partial charge in [0.25, 0.3) is 11.9 Å². The van der Waals surface area contributed by atoms with E-state index >= 15 is 0 Å². The Morgan fingerprint density at radius 1 is 0.963 bits per heavy atom. The maximum atomic E-state index is 14.3. The highest BCUT2D eigenvalue weighted by Crippen LogP contribution is 2.17. The van der Waals surface area contributed by atoms with Gasteiger partial charge in [0.15, 0.2) is 11.6 Å². The van der Waals surface area contributed by atoms with Gasteiger partial charge in [-0.25, -0.2) is 8.78 Å². The summed E-state index contributed by atoms with van der Waals surface area (Å²) in [5.74, 6) is -1.98. The van der Waals surface area contributed by atoms with E-state index in [1.54, 1.807) is 12.1 Å². The zero-order valence-electron chi connectivity index (χ0n) is 14.5. The number of carbonyl (C=O) groups excluding carboxylic acids is 2. The molecule has 0 radical (unpaired) electrons. The summed E-state index contributed by atoms with van der Waals surface area (Å²) in [6, 6.07) is 9.94. The molecule has 5 nitrogen and oxygen atoms in total. The van der Waals surface area contributed by atoms with Gasteiger partial charge in [-0.15, -0.1) is 0 Å². The average Bonchev–Trinajstić information content (AvgIpc) is 2.62. The highest BCUT2D eigenvalue weighted by molar-refractivity contribution is 6.64. The standard InChI is InChI=1S/C19H17BF2O5/c21-15-7-4-13(5-8-15)10-11-25-17-9-6-14(12-16(17)22)20-26-18(23)2-1-3-19(24)27-20/h4-9,12H,1-3,10-11H2. The predicted molar refractivity (Wildman–Crippen MR) is 93.4 cm³/mol. The third-order valence-corrected chi connectivity index (χ3v) is 4.03. The Morgan fingerprint density at radius 3 is 2.26 bits per heavy atom. The Balaban J connectivity index is 1.62. The number of hydrogen-bond donors (Lipinski definition) is 0. The van der Waals surface area contributed by atoms with Crippen LogP contribution in [0.5, 0.6) is 5.75 Å². The maximum absolute atomic E-state index is 14.3. The van der Waals surface area contributed by atoms with Crippen molar-refractivity contribution < 1.29 is 32.4 Å². The van der Waals surface area contributed by atoms with Gasteiger partial charge in [-0.05, 0) is 36.2 Å².